The van der Waals surface area contributed by atoms with E-state index in [-0.39, 0.29) is 18.0 Å². The van der Waals surface area contributed by atoms with Crippen molar-refractivity contribution in [1.82, 2.24) is 0 Å². The number of ether oxygens (including phenoxy) is 1. The van der Waals surface area contributed by atoms with Crippen LogP contribution in [0.1, 0.15) is 27.7 Å². The number of carboxylic acid groups (broad SMARTS) is 1. The van der Waals surface area contributed by atoms with Gasteiger partial charge in [0.1, 0.15) is 6.04 Å². The minimum atomic E-state index is -1.04. The summed E-state index contributed by atoms with van der Waals surface area (Å²) < 4.78 is 5.35. The molecule has 0 aromatic heterocycles. The monoisotopic (exact) mass is 211 g/mol. The van der Waals surface area contributed by atoms with Gasteiger partial charge in [0.05, 0.1) is 11.7 Å². The molecule has 4 nitrogen and oxygen atoms in total. The first-order valence-corrected chi connectivity index (χ1v) is 3.90. The second-order valence-corrected chi connectivity index (χ2v) is 3.80. The van der Waals surface area contributed by atoms with E-state index in [9.17, 15) is 4.79 Å². The van der Waals surface area contributed by atoms with E-state index in [1.54, 1.807) is 6.92 Å². The van der Waals surface area contributed by atoms with Crippen molar-refractivity contribution in [2.24, 2.45) is 5.73 Å². The van der Waals surface area contributed by atoms with Crippen LogP contribution in [0.5, 0.6) is 0 Å². The number of nitrogens with two attached hydrogens (primary N) is 1. The lowest BCUT2D eigenvalue weighted by molar-refractivity contribution is -0.145. The van der Waals surface area contributed by atoms with Crippen molar-refractivity contribution in [3.05, 3.63) is 0 Å². The van der Waals surface area contributed by atoms with Gasteiger partial charge in [-0.05, 0) is 27.7 Å². The van der Waals surface area contributed by atoms with Gasteiger partial charge in [0.15, 0.2) is 0 Å². The van der Waals surface area contributed by atoms with E-state index < -0.39 is 18.1 Å². The highest BCUT2D eigenvalue weighted by atomic mass is 35.5. The van der Waals surface area contributed by atoms with E-state index in [0.29, 0.717) is 0 Å². The first-order valence-electron chi connectivity index (χ1n) is 3.90. The normalized spacial score (nSPS) is 15.8. The molecule has 0 aromatic rings. The molecule has 13 heavy (non-hydrogen) atoms. The number of hydrogen-bond donors (Lipinski definition) is 2. The van der Waals surface area contributed by atoms with Crippen LogP contribution in [0, 0.1) is 0 Å². The molecule has 0 amide bonds. The number of carbonyl (C=O) groups is 1. The average Bonchev–Trinajstić information content (AvgIpc) is 1.82. The van der Waals surface area contributed by atoms with Crippen molar-refractivity contribution in [2.45, 2.75) is 45.4 Å². The van der Waals surface area contributed by atoms with E-state index in [1.807, 2.05) is 20.8 Å². The molecule has 2 atom stereocenters. The van der Waals surface area contributed by atoms with Crippen molar-refractivity contribution >= 4 is 18.4 Å². The van der Waals surface area contributed by atoms with Crippen LogP contribution < -0.4 is 5.73 Å². The largest absolute Gasteiger partial charge is 0.480 e. The molecule has 0 saturated carbocycles. The summed E-state index contributed by atoms with van der Waals surface area (Å²) >= 11 is 0. The van der Waals surface area contributed by atoms with Crippen LogP contribution >= 0.6 is 12.4 Å². The summed E-state index contributed by atoms with van der Waals surface area (Å²) in [5.41, 5.74) is 4.99. The van der Waals surface area contributed by atoms with E-state index in [4.69, 9.17) is 15.6 Å². The van der Waals surface area contributed by atoms with Crippen molar-refractivity contribution in [2.75, 3.05) is 0 Å². The first-order chi connectivity index (χ1) is 5.24. The van der Waals surface area contributed by atoms with Crippen molar-refractivity contribution < 1.29 is 14.6 Å². The smallest absolute Gasteiger partial charge is 0.323 e. The van der Waals surface area contributed by atoms with E-state index in [1.165, 1.54) is 0 Å². The molecule has 0 aliphatic rings. The third-order valence-corrected chi connectivity index (χ3v) is 1.33. The molecule has 0 heterocycles. The molecule has 3 N–H and O–H groups in total. The number of carboxylic acids is 1. The standard InChI is InChI=1S/C8H17NO3.ClH/c1-5(6(9)7(10)11)12-8(2,3)4;/h5-6H,9H2,1-4H3,(H,10,11);1H. The fourth-order valence-electron chi connectivity index (χ4n) is 0.832. The van der Waals surface area contributed by atoms with Gasteiger partial charge in [-0.3, -0.25) is 4.79 Å². The average molecular weight is 212 g/mol. The third kappa shape index (κ3) is 6.81. The molecule has 0 bridgehead atoms. The Morgan fingerprint density at radius 1 is 1.46 bits per heavy atom. The minimum absolute atomic E-state index is 0. The van der Waals surface area contributed by atoms with Crippen LogP contribution in [-0.2, 0) is 9.53 Å². The zero-order valence-electron chi connectivity index (χ0n) is 8.40. The molecule has 0 fully saturated rings. The van der Waals surface area contributed by atoms with Crippen molar-refractivity contribution in [1.29, 1.82) is 0 Å². The second-order valence-electron chi connectivity index (χ2n) is 3.80. The highest BCUT2D eigenvalue weighted by Crippen LogP contribution is 2.11. The maximum absolute atomic E-state index is 10.4. The highest BCUT2D eigenvalue weighted by Gasteiger charge is 2.24. The maximum atomic E-state index is 10.4. The van der Waals surface area contributed by atoms with Gasteiger partial charge in [-0.25, -0.2) is 0 Å². The Balaban J connectivity index is 0. The molecule has 2 unspecified atom stereocenters. The molecule has 0 aromatic carbocycles. The molecular weight excluding hydrogens is 194 g/mol. The molecule has 0 radical (unpaired) electrons. The summed E-state index contributed by atoms with van der Waals surface area (Å²) in [5.74, 6) is -1.04. The summed E-state index contributed by atoms with van der Waals surface area (Å²) in [6, 6.07) is -0.954. The summed E-state index contributed by atoms with van der Waals surface area (Å²) in [6.07, 6.45) is -0.470. The Morgan fingerprint density at radius 3 is 2.08 bits per heavy atom. The maximum Gasteiger partial charge on any atom is 0.323 e. The van der Waals surface area contributed by atoms with Crippen LogP contribution in [0.3, 0.4) is 0 Å². The van der Waals surface area contributed by atoms with Gasteiger partial charge in [-0.2, -0.15) is 0 Å². The van der Waals surface area contributed by atoms with Crippen LogP contribution in [0.25, 0.3) is 0 Å². The van der Waals surface area contributed by atoms with Crippen LogP contribution in [-0.4, -0.2) is 28.8 Å². The Bertz CT molecular complexity index is 167. The van der Waals surface area contributed by atoms with Crippen LogP contribution in [0.15, 0.2) is 0 Å². The van der Waals surface area contributed by atoms with Gasteiger partial charge in [0.2, 0.25) is 0 Å². The molecule has 0 aliphatic carbocycles. The zero-order valence-corrected chi connectivity index (χ0v) is 9.22. The number of rotatable bonds is 3. The molecule has 5 heteroatoms. The van der Waals surface area contributed by atoms with Crippen LogP contribution in [0.4, 0.5) is 0 Å². The Morgan fingerprint density at radius 2 is 1.85 bits per heavy atom. The van der Waals surface area contributed by atoms with E-state index in [0.717, 1.165) is 0 Å². The fourth-order valence-corrected chi connectivity index (χ4v) is 0.832. The van der Waals surface area contributed by atoms with Gasteiger partial charge >= 0.3 is 5.97 Å². The minimum Gasteiger partial charge on any atom is -0.480 e. The van der Waals surface area contributed by atoms with Crippen molar-refractivity contribution in [3.63, 3.8) is 0 Å². The SMILES string of the molecule is CC(OC(C)(C)C)C(N)C(=O)O.Cl. The third-order valence-electron chi connectivity index (χ3n) is 1.33. The summed E-state index contributed by atoms with van der Waals surface area (Å²) in [5, 5.41) is 8.54. The fraction of sp³-hybridized carbons (Fsp3) is 0.875. The predicted octanol–water partition coefficient (Wildman–Crippen LogP) is 1.02. The lowest BCUT2D eigenvalue weighted by Gasteiger charge is -2.26. The topological polar surface area (TPSA) is 72.5 Å². The highest BCUT2D eigenvalue weighted by molar-refractivity contribution is 5.85. The van der Waals surface area contributed by atoms with Gasteiger partial charge in [-0.1, -0.05) is 0 Å². The number of halogens is 1. The molecule has 0 rings (SSSR count). The van der Waals surface area contributed by atoms with Gasteiger partial charge in [-0.15, -0.1) is 12.4 Å². The summed E-state index contributed by atoms with van der Waals surface area (Å²) in [4.78, 5) is 10.4. The Kier molecular flexibility index (Phi) is 6.32. The van der Waals surface area contributed by atoms with Gasteiger partial charge in [0.25, 0.3) is 0 Å². The molecule has 80 valence electrons. The molecule has 0 spiro atoms. The molecular formula is C8H18ClNO3. The van der Waals surface area contributed by atoms with E-state index in [2.05, 4.69) is 0 Å². The summed E-state index contributed by atoms with van der Waals surface area (Å²) in [6.45, 7) is 7.23. The summed E-state index contributed by atoms with van der Waals surface area (Å²) in [7, 11) is 0. The van der Waals surface area contributed by atoms with Crippen LogP contribution in [0.2, 0.25) is 0 Å². The quantitative estimate of drug-likeness (QED) is 0.731. The van der Waals surface area contributed by atoms with Gasteiger partial charge < -0.3 is 15.6 Å². The van der Waals surface area contributed by atoms with Gasteiger partial charge in [0, 0.05) is 0 Å². The second kappa shape index (κ2) is 5.42. The molecule has 0 aliphatic heterocycles. The van der Waals surface area contributed by atoms with E-state index >= 15 is 0 Å². The van der Waals surface area contributed by atoms with Crippen molar-refractivity contribution in [3.8, 4) is 0 Å². The number of hydrogen-bond acceptors (Lipinski definition) is 3. The Hall–Kier alpha value is -0.320. The lowest BCUT2D eigenvalue weighted by Crippen LogP contribution is -2.44. The number of aliphatic carboxylic acids is 1. The molecule has 0 saturated heterocycles. The Labute approximate surface area is 84.9 Å². The predicted molar refractivity (Wildman–Crippen MR) is 53.2 cm³/mol. The zero-order chi connectivity index (χ0) is 9.94. The lowest BCUT2D eigenvalue weighted by atomic mass is 10.1. The first kappa shape index (κ1) is 15.2.